The Labute approximate surface area is 119 Å². The van der Waals surface area contributed by atoms with Gasteiger partial charge in [0.1, 0.15) is 5.82 Å². The van der Waals surface area contributed by atoms with Gasteiger partial charge in [-0.3, -0.25) is 9.36 Å². The molecule has 3 aromatic rings. The zero-order valence-corrected chi connectivity index (χ0v) is 11.6. The lowest BCUT2D eigenvalue weighted by Gasteiger charge is -2.09. The minimum atomic E-state index is -0.125. The molecule has 0 aliphatic heterocycles. The normalized spacial score (nSPS) is 11.1. The van der Waals surface area contributed by atoms with Gasteiger partial charge in [-0.1, -0.05) is 17.3 Å². The van der Waals surface area contributed by atoms with Crippen molar-refractivity contribution in [2.24, 2.45) is 0 Å². The van der Waals surface area contributed by atoms with Gasteiger partial charge in [-0.2, -0.15) is 0 Å². The smallest absolute Gasteiger partial charge is 0.261 e. The lowest BCUT2D eigenvalue weighted by molar-refractivity contribution is 0.370. The molecule has 6 heteroatoms. The first kappa shape index (κ1) is 12.9. The summed E-state index contributed by atoms with van der Waals surface area (Å²) >= 11 is 5.91. The van der Waals surface area contributed by atoms with E-state index in [4.69, 9.17) is 16.1 Å². The molecule has 0 atom stereocenters. The van der Waals surface area contributed by atoms with Crippen LogP contribution >= 0.6 is 11.6 Å². The monoisotopic (exact) mass is 289 g/mol. The summed E-state index contributed by atoms with van der Waals surface area (Å²) in [5.41, 5.74) is 1.30. The third-order valence-electron chi connectivity index (χ3n) is 3.05. The van der Waals surface area contributed by atoms with E-state index in [0.717, 1.165) is 5.69 Å². The number of rotatable bonds is 3. The number of benzene rings is 1. The van der Waals surface area contributed by atoms with Crippen molar-refractivity contribution in [2.75, 3.05) is 0 Å². The number of aromatic nitrogens is 3. The zero-order valence-electron chi connectivity index (χ0n) is 10.8. The molecule has 0 N–H and O–H groups in total. The summed E-state index contributed by atoms with van der Waals surface area (Å²) in [7, 11) is 0. The van der Waals surface area contributed by atoms with Gasteiger partial charge in [0.2, 0.25) is 0 Å². The summed E-state index contributed by atoms with van der Waals surface area (Å²) in [6.07, 6.45) is 0. The molecule has 0 spiro atoms. The summed E-state index contributed by atoms with van der Waals surface area (Å²) in [5, 5.41) is 4.38. The maximum Gasteiger partial charge on any atom is 0.261 e. The van der Waals surface area contributed by atoms with E-state index in [2.05, 4.69) is 10.1 Å². The maximum absolute atomic E-state index is 12.5. The van der Waals surface area contributed by atoms with Crippen molar-refractivity contribution in [1.29, 1.82) is 0 Å². The van der Waals surface area contributed by atoms with E-state index in [-0.39, 0.29) is 18.0 Å². The topological polar surface area (TPSA) is 60.9 Å². The van der Waals surface area contributed by atoms with Crippen LogP contribution in [0.5, 0.6) is 0 Å². The van der Waals surface area contributed by atoms with Gasteiger partial charge in [0.15, 0.2) is 5.76 Å². The number of hydrogen-bond donors (Lipinski definition) is 0. The van der Waals surface area contributed by atoms with Gasteiger partial charge in [-0.25, -0.2) is 4.98 Å². The summed E-state index contributed by atoms with van der Waals surface area (Å²) in [4.78, 5) is 16.9. The largest absolute Gasteiger partial charge is 0.359 e. The van der Waals surface area contributed by atoms with Crippen molar-refractivity contribution in [1.82, 2.24) is 14.7 Å². The van der Waals surface area contributed by atoms with Gasteiger partial charge in [0.25, 0.3) is 5.56 Å². The van der Waals surface area contributed by atoms with Crippen molar-refractivity contribution in [3.63, 3.8) is 0 Å². The molecule has 0 saturated heterocycles. The van der Waals surface area contributed by atoms with Crippen LogP contribution < -0.4 is 5.56 Å². The number of hydrogen-bond acceptors (Lipinski definition) is 4. The summed E-state index contributed by atoms with van der Waals surface area (Å²) in [5.74, 6) is 1.28. The Kier molecular flexibility index (Phi) is 3.28. The van der Waals surface area contributed by atoms with Gasteiger partial charge >= 0.3 is 0 Å². The third kappa shape index (κ3) is 2.20. The highest BCUT2D eigenvalue weighted by molar-refractivity contribution is 6.16. The second kappa shape index (κ2) is 5.09. The molecule has 0 fully saturated rings. The lowest BCUT2D eigenvalue weighted by atomic mass is 10.2. The van der Waals surface area contributed by atoms with Crippen LogP contribution in [0.4, 0.5) is 0 Å². The van der Waals surface area contributed by atoms with Crippen LogP contribution in [-0.2, 0) is 12.4 Å². The fourth-order valence-corrected chi connectivity index (χ4v) is 2.33. The first-order valence-electron chi connectivity index (χ1n) is 6.15. The average molecular weight is 290 g/mol. The van der Waals surface area contributed by atoms with E-state index < -0.39 is 0 Å². The van der Waals surface area contributed by atoms with Crippen LogP contribution in [0.15, 0.2) is 39.6 Å². The van der Waals surface area contributed by atoms with E-state index in [1.807, 2.05) is 19.1 Å². The number of alkyl halides is 1. The maximum atomic E-state index is 12.5. The van der Waals surface area contributed by atoms with E-state index in [1.54, 1.807) is 18.2 Å². The van der Waals surface area contributed by atoms with Crippen molar-refractivity contribution < 1.29 is 4.52 Å². The molecule has 2 aromatic heterocycles. The van der Waals surface area contributed by atoms with Crippen molar-refractivity contribution in [3.05, 3.63) is 58.0 Å². The SMILES string of the molecule is Cc1cc(Cn2c(CCl)nc3ccccc3c2=O)on1. The van der Waals surface area contributed by atoms with Crippen LogP contribution in [0.1, 0.15) is 17.3 Å². The van der Waals surface area contributed by atoms with Gasteiger partial charge in [0.05, 0.1) is 29.0 Å². The molecule has 2 heterocycles. The van der Waals surface area contributed by atoms with Crippen LogP contribution in [0.25, 0.3) is 10.9 Å². The van der Waals surface area contributed by atoms with Crippen molar-refractivity contribution >= 4 is 22.5 Å². The van der Waals surface area contributed by atoms with E-state index >= 15 is 0 Å². The fourth-order valence-electron chi connectivity index (χ4n) is 2.13. The second-order valence-corrected chi connectivity index (χ2v) is 4.77. The molecule has 5 nitrogen and oxygen atoms in total. The average Bonchev–Trinajstić information content (AvgIpc) is 2.87. The third-order valence-corrected chi connectivity index (χ3v) is 3.29. The predicted molar refractivity (Wildman–Crippen MR) is 75.9 cm³/mol. The Morgan fingerprint density at radius 1 is 1.35 bits per heavy atom. The van der Waals surface area contributed by atoms with Crippen molar-refractivity contribution in [3.8, 4) is 0 Å². The molecule has 102 valence electrons. The molecule has 1 aromatic carbocycles. The number of para-hydroxylation sites is 1. The Morgan fingerprint density at radius 3 is 2.85 bits per heavy atom. The van der Waals surface area contributed by atoms with E-state index in [0.29, 0.717) is 22.5 Å². The highest BCUT2D eigenvalue weighted by Gasteiger charge is 2.12. The number of aryl methyl sites for hydroxylation is 1. The molecular weight excluding hydrogens is 278 g/mol. The summed E-state index contributed by atoms with van der Waals surface area (Å²) in [6.45, 7) is 2.11. The van der Waals surface area contributed by atoms with E-state index in [1.165, 1.54) is 4.57 Å². The second-order valence-electron chi connectivity index (χ2n) is 4.50. The highest BCUT2D eigenvalue weighted by atomic mass is 35.5. The Bertz CT molecular complexity index is 823. The molecule has 0 saturated carbocycles. The quantitative estimate of drug-likeness (QED) is 0.695. The van der Waals surface area contributed by atoms with Gasteiger partial charge in [-0.05, 0) is 19.1 Å². The fraction of sp³-hybridized carbons (Fsp3) is 0.214. The first-order chi connectivity index (χ1) is 9.69. The molecule has 0 unspecified atom stereocenters. The predicted octanol–water partition coefficient (Wildman–Crippen LogP) is 2.48. The molecule has 0 amide bonds. The number of halogens is 1. The minimum absolute atomic E-state index is 0.125. The van der Waals surface area contributed by atoms with Crippen LogP contribution in [0, 0.1) is 6.92 Å². The summed E-state index contributed by atoms with van der Waals surface area (Å²) < 4.78 is 6.68. The summed E-state index contributed by atoms with van der Waals surface area (Å²) in [6, 6.07) is 9.01. The van der Waals surface area contributed by atoms with Gasteiger partial charge in [-0.15, -0.1) is 11.6 Å². The molecule has 20 heavy (non-hydrogen) atoms. The standard InChI is InChI=1S/C14H12ClN3O2/c1-9-6-10(20-17-9)8-18-13(7-15)16-12-5-3-2-4-11(12)14(18)19/h2-6H,7-8H2,1H3. The Hall–Kier alpha value is -2.14. The molecule has 0 radical (unpaired) electrons. The molecule has 0 aliphatic rings. The van der Waals surface area contributed by atoms with Gasteiger partial charge in [0, 0.05) is 6.07 Å². The van der Waals surface area contributed by atoms with Crippen LogP contribution in [0.2, 0.25) is 0 Å². The molecule has 3 rings (SSSR count). The van der Waals surface area contributed by atoms with Crippen LogP contribution in [0.3, 0.4) is 0 Å². The highest BCUT2D eigenvalue weighted by Crippen LogP contribution is 2.11. The van der Waals surface area contributed by atoms with E-state index in [9.17, 15) is 4.79 Å². The Balaban J connectivity index is 2.18. The van der Waals surface area contributed by atoms with Gasteiger partial charge < -0.3 is 4.52 Å². The molecule has 0 bridgehead atoms. The number of nitrogens with zero attached hydrogens (tertiary/aromatic N) is 3. The minimum Gasteiger partial charge on any atom is -0.359 e. The lowest BCUT2D eigenvalue weighted by Crippen LogP contribution is -2.25. The first-order valence-corrected chi connectivity index (χ1v) is 6.69. The number of fused-ring (bicyclic) bond motifs is 1. The molecular formula is C14H12ClN3O2. The van der Waals surface area contributed by atoms with Crippen LogP contribution in [-0.4, -0.2) is 14.7 Å². The zero-order chi connectivity index (χ0) is 14.1. The molecule has 0 aliphatic carbocycles. The van der Waals surface area contributed by atoms with Crippen molar-refractivity contribution in [2.45, 2.75) is 19.3 Å². The Morgan fingerprint density at radius 2 is 2.15 bits per heavy atom.